The molecule has 1 aromatic heterocycles. The number of aromatic carboxylic acids is 1. The molecule has 0 unspecified atom stereocenters. The first kappa shape index (κ1) is 11.0. The summed E-state index contributed by atoms with van der Waals surface area (Å²) >= 11 is 5.48. The van der Waals surface area contributed by atoms with Gasteiger partial charge in [0.2, 0.25) is 0 Å². The Morgan fingerprint density at radius 2 is 2.25 bits per heavy atom. The molecular weight excluding hydrogens is 203 g/mol. The molecule has 0 aliphatic carbocycles. The molecule has 3 N–H and O–H groups in total. The van der Waals surface area contributed by atoms with E-state index in [1.165, 1.54) is 12.3 Å². The molecule has 1 rings (SSSR count). The monoisotopic (exact) mass is 208 g/mol. The van der Waals surface area contributed by atoms with E-state index in [9.17, 15) is 4.79 Å². The van der Waals surface area contributed by atoms with Crippen LogP contribution in [0.5, 0.6) is 0 Å². The van der Waals surface area contributed by atoms with Crippen LogP contribution in [0.2, 0.25) is 5.02 Å². The van der Waals surface area contributed by atoms with E-state index >= 15 is 0 Å². The molecule has 0 fully saturated rings. The number of carbonyl (C=O) groups is 1. The van der Waals surface area contributed by atoms with Crippen LogP contribution >= 0.6 is 24.0 Å². The summed E-state index contributed by atoms with van der Waals surface area (Å²) in [4.78, 5) is 14.0. The van der Waals surface area contributed by atoms with Crippen LogP contribution < -0.4 is 5.73 Å². The summed E-state index contributed by atoms with van der Waals surface area (Å²) in [6, 6.07) is 1.26. The van der Waals surface area contributed by atoms with Gasteiger partial charge >= 0.3 is 5.97 Å². The molecule has 0 saturated heterocycles. The number of carboxylic acid groups (broad SMARTS) is 1. The van der Waals surface area contributed by atoms with Crippen LogP contribution in [0.4, 0.5) is 5.82 Å². The number of halogens is 2. The third-order valence-corrected chi connectivity index (χ3v) is 1.32. The van der Waals surface area contributed by atoms with Crippen LogP contribution in [0.3, 0.4) is 0 Å². The van der Waals surface area contributed by atoms with Crippen LogP contribution in [0.15, 0.2) is 12.3 Å². The fourth-order valence-electron chi connectivity index (χ4n) is 0.621. The van der Waals surface area contributed by atoms with Crippen molar-refractivity contribution in [2.45, 2.75) is 0 Å². The number of pyridine rings is 1. The maximum Gasteiger partial charge on any atom is 0.339 e. The minimum absolute atomic E-state index is 0. The number of nitrogen functional groups attached to an aromatic ring is 1. The largest absolute Gasteiger partial charge is 0.478 e. The Balaban J connectivity index is 0.00000121. The molecule has 0 spiro atoms. The highest BCUT2D eigenvalue weighted by atomic mass is 35.5. The zero-order valence-electron chi connectivity index (χ0n) is 5.82. The summed E-state index contributed by atoms with van der Waals surface area (Å²) in [6.07, 6.45) is 1.29. The average Bonchev–Trinajstić information content (AvgIpc) is 1.94. The Bertz CT molecular complexity index is 304. The lowest BCUT2D eigenvalue weighted by molar-refractivity contribution is 0.0697. The van der Waals surface area contributed by atoms with Gasteiger partial charge in [-0.1, -0.05) is 11.6 Å². The number of nitrogens with zero attached hydrogens (tertiary/aromatic N) is 1. The highest BCUT2D eigenvalue weighted by molar-refractivity contribution is 6.30. The summed E-state index contributed by atoms with van der Waals surface area (Å²) in [5, 5.41) is 8.77. The number of hydrogen-bond donors (Lipinski definition) is 2. The number of anilines is 1. The first-order valence-electron chi connectivity index (χ1n) is 2.75. The smallest absolute Gasteiger partial charge is 0.339 e. The predicted octanol–water partition coefficient (Wildman–Crippen LogP) is 1.44. The molecule has 66 valence electrons. The normalized spacial score (nSPS) is 8.75. The molecule has 1 aromatic rings. The molecular formula is C6H6Cl2N2O2. The summed E-state index contributed by atoms with van der Waals surface area (Å²) in [6.45, 7) is 0. The predicted molar refractivity (Wildman–Crippen MR) is 47.9 cm³/mol. The SMILES string of the molecule is Cl.Nc1ncc(Cl)cc1C(=O)O. The van der Waals surface area contributed by atoms with Gasteiger partial charge in [0, 0.05) is 6.20 Å². The molecule has 0 aromatic carbocycles. The Hall–Kier alpha value is -1.00. The van der Waals surface area contributed by atoms with Crippen LogP contribution in [0, 0.1) is 0 Å². The molecule has 12 heavy (non-hydrogen) atoms. The van der Waals surface area contributed by atoms with E-state index in [-0.39, 0.29) is 28.8 Å². The molecule has 0 radical (unpaired) electrons. The van der Waals surface area contributed by atoms with Crippen molar-refractivity contribution in [2.24, 2.45) is 0 Å². The maximum absolute atomic E-state index is 10.4. The second-order valence-corrected chi connectivity index (χ2v) is 2.33. The van der Waals surface area contributed by atoms with E-state index in [0.717, 1.165) is 0 Å². The van der Waals surface area contributed by atoms with E-state index in [0.29, 0.717) is 0 Å². The van der Waals surface area contributed by atoms with Crippen molar-refractivity contribution in [1.29, 1.82) is 0 Å². The van der Waals surface area contributed by atoms with Crippen LogP contribution in [-0.4, -0.2) is 16.1 Å². The van der Waals surface area contributed by atoms with E-state index in [1.807, 2.05) is 0 Å². The Morgan fingerprint density at radius 1 is 1.67 bits per heavy atom. The first-order chi connectivity index (χ1) is 5.11. The number of aromatic nitrogens is 1. The minimum atomic E-state index is -1.13. The zero-order chi connectivity index (χ0) is 8.43. The Morgan fingerprint density at radius 3 is 2.67 bits per heavy atom. The van der Waals surface area contributed by atoms with E-state index in [2.05, 4.69) is 4.98 Å². The molecule has 6 heteroatoms. The highest BCUT2D eigenvalue weighted by Crippen LogP contribution is 2.14. The fourth-order valence-corrected chi connectivity index (χ4v) is 0.779. The lowest BCUT2D eigenvalue weighted by atomic mass is 10.2. The van der Waals surface area contributed by atoms with Gasteiger partial charge in [0.25, 0.3) is 0 Å². The van der Waals surface area contributed by atoms with Gasteiger partial charge in [0.1, 0.15) is 11.4 Å². The number of carboxylic acids is 1. The van der Waals surface area contributed by atoms with Gasteiger partial charge in [-0.15, -0.1) is 12.4 Å². The van der Waals surface area contributed by atoms with E-state index < -0.39 is 5.97 Å². The minimum Gasteiger partial charge on any atom is -0.478 e. The van der Waals surface area contributed by atoms with Crippen molar-refractivity contribution in [3.63, 3.8) is 0 Å². The second-order valence-electron chi connectivity index (χ2n) is 1.89. The molecule has 0 bridgehead atoms. The van der Waals surface area contributed by atoms with Gasteiger partial charge in [-0.2, -0.15) is 0 Å². The van der Waals surface area contributed by atoms with Crippen molar-refractivity contribution in [1.82, 2.24) is 4.98 Å². The van der Waals surface area contributed by atoms with Crippen molar-refractivity contribution in [3.05, 3.63) is 22.8 Å². The van der Waals surface area contributed by atoms with E-state index in [4.69, 9.17) is 22.4 Å². The lowest BCUT2D eigenvalue weighted by Gasteiger charge is -1.97. The number of hydrogen-bond acceptors (Lipinski definition) is 3. The topological polar surface area (TPSA) is 76.2 Å². The molecule has 0 aliphatic rings. The van der Waals surface area contributed by atoms with Gasteiger partial charge in [0.05, 0.1) is 5.02 Å². The molecule has 0 atom stereocenters. The van der Waals surface area contributed by atoms with Gasteiger partial charge in [-0.05, 0) is 6.07 Å². The number of nitrogens with two attached hydrogens (primary N) is 1. The van der Waals surface area contributed by atoms with Gasteiger partial charge in [-0.3, -0.25) is 0 Å². The van der Waals surface area contributed by atoms with Gasteiger partial charge in [0.15, 0.2) is 0 Å². The third kappa shape index (κ3) is 2.25. The highest BCUT2D eigenvalue weighted by Gasteiger charge is 2.08. The third-order valence-electron chi connectivity index (χ3n) is 1.12. The molecule has 1 heterocycles. The zero-order valence-corrected chi connectivity index (χ0v) is 7.39. The van der Waals surface area contributed by atoms with Crippen LogP contribution in [0.25, 0.3) is 0 Å². The molecule has 4 nitrogen and oxygen atoms in total. The van der Waals surface area contributed by atoms with Crippen molar-refractivity contribution in [2.75, 3.05) is 5.73 Å². The van der Waals surface area contributed by atoms with Crippen LogP contribution in [0.1, 0.15) is 10.4 Å². The van der Waals surface area contributed by atoms with Gasteiger partial charge < -0.3 is 10.8 Å². The lowest BCUT2D eigenvalue weighted by Crippen LogP contribution is -2.03. The Kier molecular flexibility index (Phi) is 3.79. The standard InChI is InChI=1S/C6H5ClN2O2.ClH/c7-3-1-4(6(10)11)5(8)9-2-3;/h1-2H,(H2,8,9)(H,10,11);1H. The summed E-state index contributed by atoms with van der Waals surface area (Å²) in [7, 11) is 0. The van der Waals surface area contributed by atoms with E-state index in [1.54, 1.807) is 0 Å². The summed E-state index contributed by atoms with van der Waals surface area (Å²) < 4.78 is 0. The number of rotatable bonds is 1. The summed E-state index contributed by atoms with van der Waals surface area (Å²) in [5.74, 6) is -1.15. The Labute approximate surface area is 79.8 Å². The second kappa shape index (κ2) is 4.13. The molecule has 0 amide bonds. The quantitative estimate of drug-likeness (QED) is 0.733. The first-order valence-corrected chi connectivity index (χ1v) is 3.13. The maximum atomic E-state index is 10.4. The van der Waals surface area contributed by atoms with Crippen LogP contribution in [-0.2, 0) is 0 Å². The molecule has 0 saturated carbocycles. The summed E-state index contributed by atoms with van der Waals surface area (Å²) in [5.41, 5.74) is 5.17. The van der Waals surface area contributed by atoms with Crippen molar-refractivity contribution in [3.8, 4) is 0 Å². The van der Waals surface area contributed by atoms with Crippen molar-refractivity contribution < 1.29 is 9.90 Å². The average molecular weight is 209 g/mol. The fraction of sp³-hybridized carbons (Fsp3) is 0. The van der Waals surface area contributed by atoms with Crippen molar-refractivity contribution >= 4 is 35.8 Å². The molecule has 0 aliphatic heterocycles. The van der Waals surface area contributed by atoms with Gasteiger partial charge in [-0.25, -0.2) is 9.78 Å².